The van der Waals surface area contributed by atoms with E-state index >= 15 is 0 Å². The number of rotatable bonds is 5. The van der Waals surface area contributed by atoms with Crippen LogP contribution in [0.5, 0.6) is 5.75 Å². The summed E-state index contributed by atoms with van der Waals surface area (Å²) in [6, 6.07) is 11.1. The summed E-state index contributed by atoms with van der Waals surface area (Å²) in [6.07, 6.45) is 0.527. The molecular weight excluding hydrogens is 289 g/mol. The molecule has 0 amide bonds. The summed E-state index contributed by atoms with van der Waals surface area (Å²) >= 11 is 6.17. The summed E-state index contributed by atoms with van der Waals surface area (Å²) in [4.78, 5) is 0. The van der Waals surface area contributed by atoms with Crippen LogP contribution in [0.1, 0.15) is 22.7 Å². The summed E-state index contributed by atoms with van der Waals surface area (Å²) in [5.74, 6) is -0.0391. The molecule has 0 saturated carbocycles. The lowest BCUT2D eigenvalue weighted by molar-refractivity contribution is 0.383. The average Bonchev–Trinajstić information content (AvgIpc) is 2.49. The largest absolute Gasteiger partial charge is 0.494 e. The third-order valence-corrected chi connectivity index (χ3v) is 4.04. The summed E-state index contributed by atoms with van der Waals surface area (Å²) < 4.78 is 19.3. The Hall–Kier alpha value is -1.58. The quantitative estimate of drug-likeness (QED) is 0.889. The monoisotopic (exact) mass is 307 g/mol. The highest BCUT2D eigenvalue weighted by atomic mass is 35.5. The van der Waals surface area contributed by atoms with Crippen LogP contribution >= 0.6 is 11.6 Å². The maximum Gasteiger partial charge on any atom is 0.168 e. The van der Waals surface area contributed by atoms with Crippen molar-refractivity contribution in [2.24, 2.45) is 0 Å². The third-order valence-electron chi connectivity index (χ3n) is 3.63. The fraction of sp³-hybridized carbons (Fsp3) is 0.294. The van der Waals surface area contributed by atoms with E-state index in [1.54, 1.807) is 18.2 Å². The Bertz CT molecular complexity index is 630. The Morgan fingerprint density at radius 1 is 1.29 bits per heavy atom. The third kappa shape index (κ3) is 3.55. The second kappa shape index (κ2) is 6.92. The smallest absolute Gasteiger partial charge is 0.168 e. The number of benzene rings is 2. The molecule has 112 valence electrons. The number of hydrogen-bond donors (Lipinski definition) is 1. The molecule has 2 aromatic carbocycles. The molecule has 1 atom stereocenters. The number of hydrogen-bond acceptors (Lipinski definition) is 2. The molecular formula is C17H19ClFNO. The second-order valence-electron chi connectivity index (χ2n) is 4.99. The summed E-state index contributed by atoms with van der Waals surface area (Å²) in [6.45, 7) is 1.96. The van der Waals surface area contributed by atoms with Gasteiger partial charge in [0.05, 0.1) is 7.11 Å². The molecule has 4 heteroatoms. The minimum atomic E-state index is -0.307. The molecule has 2 aromatic rings. The lowest BCUT2D eigenvalue weighted by atomic mass is 9.97. The fourth-order valence-electron chi connectivity index (χ4n) is 2.30. The number of nitrogens with one attached hydrogen (secondary N) is 1. The van der Waals surface area contributed by atoms with E-state index < -0.39 is 0 Å². The van der Waals surface area contributed by atoms with Crippen LogP contribution in [0.3, 0.4) is 0 Å². The minimum Gasteiger partial charge on any atom is -0.494 e. The van der Waals surface area contributed by atoms with E-state index in [-0.39, 0.29) is 17.6 Å². The second-order valence-corrected chi connectivity index (χ2v) is 5.39. The molecule has 0 radical (unpaired) electrons. The lowest BCUT2D eigenvalue weighted by Crippen LogP contribution is -2.19. The van der Waals surface area contributed by atoms with Crippen molar-refractivity contribution in [3.63, 3.8) is 0 Å². The van der Waals surface area contributed by atoms with Gasteiger partial charge >= 0.3 is 0 Å². The van der Waals surface area contributed by atoms with Crippen molar-refractivity contribution in [2.45, 2.75) is 19.4 Å². The van der Waals surface area contributed by atoms with Crippen LogP contribution in [-0.2, 0) is 6.42 Å². The predicted molar refractivity (Wildman–Crippen MR) is 84.6 cm³/mol. The minimum absolute atomic E-state index is 0.00953. The number of aryl methyl sites for hydroxylation is 1. The predicted octanol–water partition coefficient (Wildman–Crippen LogP) is 4.30. The fourth-order valence-corrected chi connectivity index (χ4v) is 2.49. The molecule has 2 nitrogen and oxygen atoms in total. The van der Waals surface area contributed by atoms with Gasteiger partial charge in [-0.3, -0.25) is 0 Å². The average molecular weight is 308 g/mol. The van der Waals surface area contributed by atoms with Crippen LogP contribution in [0.15, 0.2) is 36.4 Å². The van der Waals surface area contributed by atoms with Crippen molar-refractivity contribution in [1.29, 1.82) is 0 Å². The highest BCUT2D eigenvalue weighted by Gasteiger charge is 2.15. The van der Waals surface area contributed by atoms with E-state index in [9.17, 15) is 4.39 Å². The SMILES string of the molecule is CNC(Cc1cccc(OC)c1F)c1ccc(C)c(Cl)c1. The van der Waals surface area contributed by atoms with Crippen molar-refractivity contribution in [2.75, 3.05) is 14.2 Å². The molecule has 0 aromatic heterocycles. The van der Waals surface area contributed by atoms with Gasteiger partial charge in [-0.2, -0.15) is 0 Å². The highest BCUT2D eigenvalue weighted by molar-refractivity contribution is 6.31. The van der Waals surface area contributed by atoms with Crippen molar-refractivity contribution in [3.05, 3.63) is 63.9 Å². The topological polar surface area (TPSA) is 21.3 Å². The molecule has 0 bridgehead atoms. The number of methoxy groups -OCH3 is 1. The Morgan fingerprint density at radius 3 is 2.67 bits per heavy atom. The van der Waals surface area contributed by atoms with Gasteiger partial charge in [-0.25, -0.2) is 4.39 Å². The first kappa shape index (κ1) is 15.8. The molecule has 0 aliphatic carbocycles. The Kier molecular flexibility index (Phi) is 5.21. The van der Waals surface area contributed by atoms with Gasteiger partial charge in [0.2, 0.25) is 0 Å². The molecule has 2 rings (SSSR count). The Labute approximate surface area is 129 Å². The van der Waals surface area contributed by atoms with Crippen LogP contribution in [0.25, 0.3) is 0 Å². The van der Waals surface area contributed by atoms with Crippen LogP contribution in [0.4, 0.5) is 4.39 Å². The number of ether oxygens (including phenoxy) is 1. The van der Waals surface area contributed by atoms with Crippen molar-refractivity contribution < 1.29 is 9.13 Å². The van der Waals surface area contributed by atoms with E-state index in [1.807, 2.05) is 32.2 Å². The normalized spacial score (nSPS) is 12.2. The maximum absolute atomic E-state index is 14.2. The lowest BCUT2D eigenvalue weighted by Gasteiger charge is -2.18. The van der Waals surface area contributed by atoms with Crippen LogP contribution in [0, 0.1) is 12.7 Å². The van der Waals surface area contributed by atoms with Gasteiger partial charge in [-0.15, -0.1) is 0 Å². The Morgan fingerprint density at radius 2 is 2.05 bits per heavy atom. The van der Waals surface area contributed by atoms with Gasteiger partial charge < -0.3 is 10.1 Å². The van der Waals surface area contributed by atoms with E-state index in [2.05, 4.69) is 5.32 Å². The van der Waals surface area contributed by atoms with Crippen molar-refractivity contribution in [3.8, 4) is 5.75 Å². The number of likely N-dealkylation sites (N-methyl/N-ethyl adjacent to an activating group) is 1. The molecule has 0 fully saturated rings. The van der Waals surface area contributed by atoms with Crippen molar-refractivity contribution >= 4 is 11.6 Å². The molecule has 0 saturated heterocycles. The van der Waals surface area contributed by atoms with Crippen LogP contribution in [0.2, 0.25) is 5.02 Å². The number of halogens is 2. The van der Waals surface area contributed by atoms with Crippen LogP contribution < -0.4 is 10.1 Å². The summed E-state index contributed by atoms with van der Waals surface area (Å²) in [7, 11) is 3.33. The summed E-state index contributed by atoms with van der Waals surface area (Å²) in [5.41, 5.74) is 2.68. The molecule has 0 aliphatic heterocycles. The molecule has 1 unspecified atom stereocenters. The van der Waals surface area contributed by atoms with Gasteiger partial charge in [0, 0.05) is 11.1 Å². The summed E-state index contributed by atoms with van der Waals surface area (Å²) in [5, 5.41) is 3.93. The first-order valence-corrected chi connectivity index (χ1v) is 7.19. The maximum atomic E-state index is 14.2. The molecule has 21 heavy (non-hydrogen) atoms. The van der Waals surface area contributed by atoms with E-state index in [1.165, 1.54) is 7.11 Å². The van der Waals surface area contributed by atoms with Gasteiger partial charge in [0.25, 0.3) is 0 Å². The molecule has 0 spiro atoms. The van der Waals surface area contributed by atoms with Gasteiger partial charge in [-0.1, -0.05) is 35.9 Å². The molecule has 0 aliphatic rings. The van der Waals surface area contributed by atoms with E-state index in [0.29, 0.717) is 12.0 Å². The highest BCUT2D eigenvalue weighted by Crippen LogP contribution is 2.27. The van der Waals surface area contributed by atoms with Gasteiger partial charge in [-0.05, 0) is 49.2 Å². The Balaban J connectivity index is 2.29. The zero-order valence-corrected chi connectivity index (χ0v) is 13.2. The zero-order valence-electron chi connectivity index (χ0n) is 12.4. The van der Waals surface area contributed by atoms with E-state index in [4.69, 9.17) is 16.3 Å². The standard InChI is InChI=1S/C17H19ClFNO/c1-11-7-8-12(9-14(11)18)15(20-2)10-13-5-4-6-16(21-3)17(13)19/h4-9,15,20H,10H2,1-3H3. The first-order valence-electron chi connectivity index (χ1n) is 6.81. The molecule has 0 heterocycles. The molecule has 1 N–H and O–H groups in total. The van der Waals surface area contributed by atoms with Crippen molar-refractivity contribution in [1.82, 2.24) is 5.32 Å². The first-order chi connectivity index (χ1) is 10.1. The van der Waals surface area contributed by atoms with Crippen LogP contribution in [-0.4, -0.2) is 14.2 Å². The zero-order chi connectivity index (χ0) is 15.4. The van der Waals surface area contributed by atoms with Gasteiger partial charge in [0.1, 0.15) is 0 Å². The van der Waals surface area contributed by atoms with E-state index in [0.717, 1.165) is 16.1 Å². The van der Waals surface area contributed by atoms with Gasteiger partial charge in [0.15, 0.2) is 11.6 Å².